The predicted octanol–water partition coefficient (Wildman–Crippen LogP) is 1.73. The van der Waals surface area contributed by atoms with Gasteiger partial charge in [0.05, 0.1) is 6.54 Å². The molecule has 0 spiro atoms. The summed E-state index contributed by atoms with van der Waals surface area (Å²) in [6, 6.07) is 12.2. The van der Waals surface area contributed by atoms with Gasteiger partial charge in [-0.15, -0.1) is 0 Å². The van der Waals surface area contributed by atoms with E-state index in [0.29, 0.717) is 5.82 Å². The van der Waals surface area contributed by atoms with Crippen molar-refractivity contribution >= 4 is 5.82 Å². The SMILES string of the molecule is CN(CCc1ccccc1)Cc1nccc(N)n1. The van der Waals surface area contributed by atoms with Gasteiger partial charge in [0, 0.05) is 12.7 Å². The molecule has 18 heavy (non-hydrogen) atoms. The topological polar surface area (TPSA) is 55.0 Å². The number of nitrogen functional groups attached to an aromatic ring is 1. The number of benzene rings is 1. The van der Waals surface area contributed by atoms with Crippen molar-refractivity contribution in [3.05, 3.63) is 54.0 Å². The molecule has 0 fully saturated rings. The van der Waals surface area contributed by atoms with Crippen LogP contribution in [-0.2, 0) is 13.0 Å². The summed E-state index contributed by atoms with van der Waals surface area (Å²) < 4.78 is 0. The quantitative estimate of drug-likeness (QED) is 0.867. The molecule has 0 saturated carbocycles. The molecule has 0 unspecified atom stereocenters. The minimum atomic E-state index is 0.524. The highest BCUT2D eigenvalue weighted by Gasteiger charge is 2.03. The molecule has 0 aliphatic rings. The average Bonchev–Trinajstić information content (AvgIpc) is 2.38. The third-order valence-corrected chi connectivity index (χ3v) is 2.76. The van der Waals surface area contributed by atoms with Gasteiger partial charge in [0.25, 0.3) is 0 Å². The first kappa shape index (κ1) is 12.5. The smallest absolute Gasteiger partial charge is 0.144 e. The minimum Gasteiger partial charge on any atom is -0.384 e. The number of hydrogen-bond acceptors (Lipinski definition) is 4. The maximum atomic E-state index is 5.63. The maximum Gasteiger partial charge on any atom is 0.144 e. The number of aromatic nitrogens is 2. The molecular formula is C14H18N4. The lowest BCUT2D eigenvalue weighted by Crippen LogP contribution is -2.22. The first-order valence-corrected chi connectivity index (χ1v) is 6.04. The van der Waals surface area contributed by atoms with Crippen LogP contribution in [0.15, 0.2) is 42.6 Å². The highest BCUT2D eigenvalue weighted by Crippen LogP contribution is 2.03. The van der Waals surface area contributed by atoms with Crippen LogP contribution in [0, 0.1) is 0 Å². The van der Waals surface area contributed by atoms with Crippen LogP contribution in [0.4, 0.5) is 5.82 Å². The van der Waals surface area contributed by atoms with E-state index in [0.717, 1.165) is 25.3 Å². The molecule has 4 heteroatoms. The van der Waals surface area contributed by atoms with Gasteiger partial charge in [0.15, 0.2) is 0 Å². The lowest BCUT2D eigenvalue weighted by molar-refractivity contribution is 0.322. The minimum absolute atomic E-state index is 0.524. The number of hydrogen-bond donors (Lipinski definition) is 1. The van der Waals surface area contributed by atoms with E-state index >= 15 is 0 Å². The summed E-state index contributed by atoms with van der Waals surface area (Å²) in [5, 5.41) is 0. The lowest BCUT2D eigenvalue weighted by Gasteiger charge is -2.15. The monoisotopic (exact) mass is 242 g/mol. The van der Waals surface area contributed by atoms with Gasteiger partial charge in [-0.3, -0.25) is 4.90 Å². The fourth-order valence-corrected chi connectivity index (χ4v) is 1.78. The summed E-state index contributed by atoms with van der Waals surface area (Å²) in [5.41, 5.74) is 6.97. The van der Waals surface area contributed by atoms with E-state index in [4.69, 9.17) is 5.73 Å². The third kappa shape index (κ3) is 3.82. The fraction of sp³-hybridized carbons (Fsp3) is 0.286. The van der Waals surface area contributed by atoms with Crippen molar-refractivity contribution in [1.82, 2.24) is 14.9 Å². The van der Waals surface area contributed by atoms with Crippen LogP contribution in [0.25, 0.3) is 0 Å². The lowest BCUT2D eigenvalue weighted by atomic mass is 10.1. The van der Waals surface area contributed by atoms with Crippen molar-refractivity contribution in [2.45, 2.75) is 13.0 Å². The molecule has 1 heterocycles. The van der Waals surface area contributed by atoms with Crippen LogP contribution in [-0.4, -0.2) is 28.5 Å². The van der Waals surface area contributed by atoms with Gasteiger partial charge in [-0.1, -0.05) is 30.3 Å². The summed E-state index contributed by atoms with van der Waals surface area (Å²) in [7, 11) is 2.06. The van der Waals surface area contributed by atoms with Crippen LogP contribution in [0.1, 0.15) is 11.4 Å². The Hall–Kier alpha value is -1.94. The molecule has 4 nitrogen and oxygen atoms in total. The Bertz CT molecular complexity index is 484. The van der Waals surface area contributed by atoms with Crippen molar-refractivity contribution in [2.75, 3.05) is 19.3 Å². The van der Waals surface area contributed by atoms with Gasteiger partial charge in [0.1, 0.15) is 11.6 Å². The normalized spacial score (nSPS) is 10.8. The molecule has 2 rings (SSSR count). The Morgan fingerprint density at radius 3 is 2.67 bits per heavy atom. The summed E-state index contributed by atoms with van der Waals surface area (Å²) in [6.45, 7) is 1.69. The number of likely N-dealkylation sites (N-methyl/N-ethyl adjacent to an activating group) is 1. The zero-order valence-electron chi connectivity index (χ0n) is 10.6. The van der Waals surface area contributed by atoms with Gasteiger partial charge in [-0.25, -0.2) is 9.97 Å². The molecule has 1 aromatic heterocycles. The van der Waals surface area contributed by atoms with Crippen molar-refractivity contribution in [3.63, 3.8) is 0 Å². The summed E-state index contributed by atoms with van der Waals surface area (Å²) in [5.74, 6) is 1.29. The van der Waals surface area contributed by atoms with Gasteiger partial charge < -0.3 is 5.73 Å². The summed E-state index contributed by atoms with van der Waals surface area (Å²) in [4.78, 5) is 10.6. The summed E-state index contributed by atoms with van der Waals surface area (Å²) >= 11 is 0. The Morgan fingerprint density at radius 1 is 1.17 bits per heavy atom. The van der Waals surface area contributed by atoms with Crippen LogP contribution >= 0.6 is 0 Å². The number of nitrogens with two attached hydrogens (primary N) is 1. The highest BCUT2D eigenvalue weighted by atomic mass is 15.1. The summed E-state index contributed by atoms with van der Waals surface area (Å²) in [6.07, 6.45) is 2.72. The van der Waals surface area contributed by atoms with Crippen molar-refractivity contribution in [2.24, 2.45) is 0 Å². The molecule has 0 saturated heterocycles. The number of rotatable bonds is 5. The van der Waals surface area contributed by atoms with Gasteiger partial charge in [0.2, 0.25) is 0 Å². The third-order valence-electron chi connectivity index (χ3n) is 2.76. The van der Waals surface area contributed by atoms with Gasteiger partial charge in [-0.05, 0) is 25.1 Å². The van der Waals surface area contributed by atoms with E-state index in [1.54, 1.807) is 12.3 Å². The second kappa shape index (κ2) is 6.12. The molecule has 0 amide bonds. The van der Waals surface area contributed by atoms with E-state index in [1.165, 1.54) is 5.56 Å². The van der Waals surface area contributed by atoms with Crippen molar-refractivity contribution in [3.8, 4) is 0 Å². The zero-order valence-corrected chi connectivity index (χ0v) is 10.6. The van der Waals surface area contributed by atoms with E-state index in [2.05, 4.69) is 46.2 Å². The van der Waals surface area contributed by atoms with Crippen molar-refractivity contribution in [1.29, 1.82) is 0 Å². The molecule has 0 aliphatic carbocycles. The van der Waals surface area contributed by atoms with Crippen LogP contribution in [0.2, 0.25) is 0 Å². The highest BCUT2D eigenvalue weighted by molar-refractivity contribution is 5.25. The molecule has 0 radical (unpaired) electrons. The molecule has 0 bridgehead atoms. The molecule has 0 aliphatic heterocycles. The zero-order chi connectivity index (χ0) is 12.8. The standard InChI is InChI=1S/C14H18N4/c1-18(10-8-12-5-3-2-4-6-12)11-14-16-9-7-13(15)17-14/h2-7,9H,8,10-11H2,1H3,(H2,15,16,17). The first-order valence-electron chi connectivity index (χ1n) is 6.04. The van der Waals surface area contributed by atoms with E-state index in [-0.39, 0.29) is 0 Å². The fourth-order valence-electron chi connectivity index (χ4n) is 1.78. The maximum absolute atomic E-state index is 5.63. The van der Waals surface area contributed by atoms with E-state index in [9.17, 15) is 0 Å². The largest absolute Gasteiger partial charge is 0.384 e. The van der Waals surface area contributed by atoms with Gasteiger partial charge in [-0.2, -0.15) is 0 Å². The molecule has 94 valence electrons. The molecule has 1 aromatic carbocycles. The average molecular weight is 242 g/mol. The Kier molecular flexibility index (Phi) is 4.25. The Labute approximate surface area is 107 Å². The Balaban J connectivity index is 1.84. The van der Waals surface area contributed by atoms with E-state index in [1.807, 2.05) is 6.07 Å². The number of nitrogens with zero attached hydrogens (tertiary/aromatic N) is 3. The van der Waals surface area contributed by atoms with E-state index < -0.39 is 0 Å². The molecular weight excluding hydrogens is 224 g/mol. The predicted molar refractivity (Wildman–Crippen MR) is 72.9 cm³/mol. The molecule has 0 atom stereocenters. The van der Waals surface area contributed by atoms with Crippen LogP contribution < -0.4 is 5.73 Å². The van der Waals surface area contributed by atoms with Gasteiger partial charge >= 0.3 is 0 Å². The van der Waals surface area contributed by atoms with Crippen molar-refractivity contribution < 1.29 is 0 Å². The Morgan fingerprint density at radius 2 is 1.94 bits per heavy atom. The van der Waals surface area contributed by atoms with Crippen LogP contribution in [0.5, 0.6) is 0 Å². The molecule has 2 aromatic rings. The second-order valence-electron chi connectivity index (χ2n) is 4.37. The second-order valence-corrected chi connectivity index (χ2v) is 4.37. The molecule has 2 N–H and O–H groups in total. The first-order chi connectivity index (χ1) is 8.74. The van der Waals surface area contributed by atoms with Crippen LogP contribution in [0.3, 0.4) is 0 Å². The number of anilines is 1.